The van der Waals surface area contributed by atoms with E-state index in [4.69, 9.17) is 18.9 Å². The summed E-state index contributed by atoms with van der Waals surface area (Å²) in [6.07, 6.45) is -1.01. The Morgan fingerprint density at radius 1 is 1.13 bits per heavy atom. The molecule has 0 aliphatic carbocycles. The zero-order valence-electron chi connectivity index (χ0n) is 25.4. The van der Waals surface area contributed by atoms with Gasteiger partial charge in [0.15, 0.2) is 17.7 Å². The second-order valence-electron chi connectivity index (χ2n) is 12.7. The Morgan fingerprint density at radius 3 is 2.67 bits per heavy atom. The molecule has 3 unspecified atom stereocenters. The molecule has 234 valence electrons. The third kappa shape index (κ3) is 4.49. The Bertz CT molecular complexity index is 1730. The molecule has 2 amide bonds. The summed E-state index contributed by atoms with van der Waals surface area (Å²) < 4.78 is 19.2. The summed E-state index contributed by atoms with van der Waals surface area (Å²) in [4.78, 5) is 47.9. The number of aldehydes is 1. The van der Waals surface area contributed by atoms with Crippen molar-refractivity contribution in [2.75, 3.05) is 11.9 Å². The molecule has 45 heavy (non-hydrogen) atoms. The fourth-order valence-corrected chi connectivity index (χ4v) is 6.60. The number of nitrogens with one attached hydrogen (secondary N) is 3. The molecule has 1 aromatic heterocycles. The Kier molecular flexibility index (Phi) is 6.92. The summed E-state index contributed by atoms with van der Waals surface area (Å²) in [6, 6.07) is 11.1. The number of oxazole rings is 1. The molecule has 12 nitrogen and oxygen atoms in total. The minimum Gasteiger partial charge on any atom is -0.474 e. The Morgan fingerprint density at radius 2 is 1.93 bits per heavy atom. The number of nitrogens with zero attached hydrogens (tertiary/aromatic N) is 2. The molecule has 0 saturated heterocycles. The minimum absolute atomic E-state index is 0.0803. The van der Waals surface area contributed by atoms with Crippen molar-refractivity contribution in [1.29, 1.82) is 0 Å². The van der Waals surface area contributed by atoms with Crippen molar-refractivity contribution < 1.29 is 33.4 Å². The smallest absolute Gasteiger partial charge is 0.249 e. The van der Waals surface area contributed by atoms with Crippen LogP contribution < -0.4 is 20.7 Å². The Labute approximate surface area is 259 Å². The zero-order valence-corrected chi connectivity index (χ0v) is 25.4. The predicted molar refractivity (Wildman–Crippen MR) is 162 cm³/mol. The minimum atomic E-state index is -1.28. The van der Waals surface area contributed by atoms with E-state index in [0.29, 0.717) is 17.2 Å². The van der Waals surface area contributed by atoms with Crippen molar-refractivity contribution in [3.63, 3.8) is 0 Å². The van der Waals surface area contributed by atoms with Crippen LogP contribution in [0.25, 0.3) is 0 Å². The average Bonchev–Trinajstić information content (AvgIpc) is 3.79. The predicted octanol–water partition coefficient (Wildman–Crippen LogP) is 2.37. The first-order valence-electron chi connectivity index (χ1n) is 15.2. The van der Waals surface area contributed by atoms with Crippen molar-refractivity contribution in [2.45, 2.75) is 70.0 Å². The molecule has 0 saturated carbocycles. The third-order valence-electron chi connectivity index (χ3n) is 8.98. The number of carbonyl (C=O) groups excluding carboxylic acids is 3. The lowest BCUT2D eigenvalue weighted by Gasteiger charge is -2.29. The largest absolute Gasteiger partial charge is 0.474 e. The summed E-state index contributed by atoms with van der Waals surface area (Å²) in [5, 5.41) is 19.8. The normalized spacial score (nSPS) is 26.7. The number of aliphatic hydroxyl groups excluding tert-OH is 1. The summed E-state index contributed by atoms with van der Waals surface area (Å²) in [6.45, 7) is 7.40. The lowest BCUT2D eigenvalue weighted by atomic mass is 9.72. The summed E-state index contributed by atoms with van der Waals surface area (Å²) >= 11 is 0. The summed E-state index contributed by atoms with van der Waals surface area (Å²) in [7, 11) is 0. The number of hydrogen-bond donors (Lipinski definition) is 4. The number of benzene rings is 2. The first kappa shape index (κ1) is 29.0. The number of anilines is 1. The summed E-state index contributed by atoms with van der Waals surface area (Å²) in [5.41, 5.74) is 2.59. The highest BCUT2D eigenvalue weighted by Gasteiger charge is 2.61. The lowest BCUT2D eigenvalue weighted by Crippen LogP contribution is -2.52. The molecule has 12 heteroatoms. The average molecular weight is 614 g/mol. The van der Waals surface area contributed by atoms with Crippen LogP contribution in [0.3, 0.4) is 0 Å². The standard InChI is InChI=1S/C33H35N5O7/c1-15(2)24-31-38-25(30-34-18(13-39)14-43-30)27(45-31)33-19-7-5-6-8-21(19)36-32(33)44-23-10-9-17(11-20(23)33)12-22(28(41)37-24)35-29(42)26(40)16(3)4/h5-11,13,15-16,18,22,24,26,32,36,40H,12,14H2,1-4H3,(H,35,42)(H,37,41)/t18-,22-,24-,26?,32?,33?/m0/s1. The first-order valence-corrected chi connectivity index (χ1v) is 15.2. The number of rotatable bonds is 6. The zero-order chi connectivity index (χ0) is 31.6. The van der Waals surface area contributed by atoms with E-state index in [-0.39, 0.29) is 36.7 Å². The van der Waals surface area contributed by atoms with Crippen molar-refractivity contribution >= 4 is 29.7 Å². The molecular formula is C33H35N5O7. The maximum Gasteiger partial charge on any atom is 0.249 e. The van der Waals surface area contributed by atoms with Gasteiger partial charge in [-0.05, 0) is 35.1 Å². The molecule has 4 aliphatic rings. The van der Waals surface area contributed by atoms with Gasteiger partial charge in [0.05, 0.1) is 0 Å². The van der Waals surface area contributed by atoms with Crippen molar-refractivity contribution in [3.8, 4) is 5.75 Å². The molecule has 1 spiro atoms. The number of aliphatic imine (C=N–C) groups is 1. The highest BCUT2D eigenvalue weighted by atomic mass is 16.5. The van der Waals surface area contributed by atoms with Gasteiger partial charge in [-0.15, -0.1) is 0 Å². The molecule has 4 aliphatic heterocycles. The summed E-state index contributed by atoms with van der Waals surface area (Å²) in [5.74, 6) is -0.162. The van der Waals surface area contributed by atoms with E-state index >= 15 is 0 Å². The fraction of sp³-hybridized carbons (Fsp3) is 0.424. The highest BCUT2D eigenvalue weighted by Crippen LogP contribution is 2.58. The SMILES string of the molecule is CC(C)C(O)C(=O)N[C@H]1Cc2ccc3c(c2)C2(c4ccccc4NC2O3)c2oc(nc2C2=N[C@@H](C=O)CO2)[C@H](C(C)C)NC1=O. The van der Waals surface area contributed by atoms with Crippen LogP contribution in [0, 0.1) is 11.8 Å². The molecule has 4 bridgehead atoms. The van der Waals surface area contributed by atoms with E-state index in [2.05, 4.69) is 20.9 Å². The molecule has 3 aromatic rings. The van der Waals surface area contributed by atoms with Gasteiger partial charge in [-0.1, -0.05) is 58.0 Å². The molecule has 6 atom stereocenters. The topological polar surface area (TPSA) is 164 Å². The molecule has 0 fully saturated rings. The molecule has 2 aromatic carbocycles. The van der Waals surface area contributed by atoms with Crippen LogP contribution in [0.15, 0.2) is 51.9 Å². The van der Waals surface area contributed by atoms with Gasteiger partial charge in [-0.2, -0.15) is 0 Å². The van der Waals surface area contributed by atoms with Gasteiger partial charge in [0.1, 0.15) is 48.3 Å². The Balaban J connectivity index is 1.47. The van der Waals surface area contributed by atoms with Crippen LogP contribution in [0.4, 0.5) is 5.69 Å². The fourth-order valence-electron chi connectivity index (χ4n) is 6.60. The highest BCUT2D eigenvalue weighted by molar-refractivity contribution is 5.97. The molecule has 5 heterocycles. The first-order chi connectivity index (χ1) is 21.6. The van der Waals surface area contributed by atoms with E-state index in [1.165, 1.54) is 0 Å². The van der Waals surface area contributed by atoms with Crippen LogP contribution in [-0.2, 0) is 31.0 Å². The van der Waals surface area contributed by atoms with E-state index in [1.807, 2.05) is 56.3 Å². The number of hydrogen-bond acceptors (Lipinski definition) is 10. The van der Waals surface area contributed by atoms with Gasteiger partial charge in [0.25, 0.3) is 0 Å². The number of carbonyl (C=O) groups is 3. The van der Waals surface area contributed by atoms with Gasteiger partial charge in [-0.25, -0.2) is 9.98 Å². The maximum atomic E-state index is 13.9. The molecular weight excluding hydrogens is 578 g/mol. The number of amides is 2. The number of aliphatic hydroxyl groups is 1. The molecule has 4 N–H and O–H groups in total. The maximum absolute atomic E-state index is 13.9. The van der Waals surface area contributed by atoms with Crippen LogP contribution in [0.1, 0.15) is 67.8 Å². The van der Waals surface area contributed by atoms with Crippen molar-refractivity contribution in [2.24, 2.45) is 16.8 Å². The molecule has 0 radical (unpaired) electrons. The van der Waals surface area contributed by atoms with E-state index in [1.54, 1.807) is 13.8 Å². The monoisotopic (exact) mass is 613 g/mol. The van der Waals surface area contributed by atoms with Gasteiger partial charge in [0.2, 0.25) is 23.6 Å². The van der Waals surface area contributed by atoms with Gasteiger partial charge in [0, 0.05) is 17.7 Å². The van der Waals surface area contributed by atoms with E-state index < -0.39 is 47.7 Å². The number of aromatic nitrogens is 1. The van der Waals surface area contributed by atoms with Crippen LogP contribution >= 0.6 is 0 Å². The van der Waals surface area contributed by atoms with Crippen molar-refractivity contribution in [3.05, 3.63) is 76.5 Å². The van der Waals surface area contributed by atoms with Gasteiger partial charge >= 0.3 is 0 Å². The number of ether oxygens (including phenoxy) is 2. The van der Waals surface area contributed by atoms with Crippen LogP contribution in [0.5, 0.6) is 5.75 Å². The lowest BCUT2D eigenvalue weighted by molar-refractivity contribution is -0.136. The van der Waals surface area contributed by atoms with Crippen molar-refractivity contribution in [1.82, 2.24) is 15.6 Å². The molecule has 7 rings (SSSR count). The number of para-hydroxylation sites is 1. The third-order valence-corrected chi connectivity index (χ3v) is 8.98. The van der Waals surface area contributed by atoms with Gasteiger partial charge in [-0.3, -0.25) is 9.59 Å². The van der Waals surface area contributed by atoms with Crippen LogP contribution in [-0.4, -0.2) is 65.1 Å². The van der Waals surface area contributed by atoms with E-state index in [0.717, 1.165) is 28.7 Å². The second-order valence-corrected chi connectivity index (χ2v) is 12.7. The number of fused-ring (bicyclic) bond motifs is 4. The quantitative estimate of drug-likeness (QED) is 0.306. The van der Waals surface area contributed by atoms with Gasteiger partial charge < -0.3 is 39.7 Å². The Hall–Kier alpha value is -4.71. The second kappa shape index (κ2) is 10.7. The van der Waals surface area contributed by atoms with Crippen LogP contribution in [0.2, 0.25) is 0 Å². The van der Waals surface area contributed by atoms with E-state index in [9.17, 15) is 19.5 Å².